The Morgan fingerprint density at radius 2 is 1.80 bits per heavy atom. The second-order valence-electron chi connectivity index (χ2n) is 9.66. The van der Waals surface area contributed by atoms with E-state index in [9.17, 15) is 4.79 Å². The summed E-state index contributed by atoms with van der Waals surface area (Å²) in [5.41, 5.74) is 6.02. The van der Waals surface area contributed by atoms with E-state index < -0.39 is 0 Å². The van der Waals surface area contributed by atoms with E-state index in [-0.39, 0.29) is 24.6 Å². The molecule has 9 heteroatoms. The van der Waals surface area contributed by atoms with E-state index in [4.69, 9.17) is 21.7 Å². The molecule has 2 atom stereocenters. The molecule has 0 radical (unpaired) electrons. The summed E-state index contributed by atoms with van der Waals surface area (Å²) in [6.45, 7) is 5.59. The summed E-state index contributed by atoms with van der Waals surface area (Å²) in [6, 6.07) is 24.9. The monoisotopic (exact) mass is 555 g/mol. The van der Waals surface area contributed by atoms with Crippen LogP contribution in [0.5, 0.6) is 5.75 Å². The van der Waals surface area contributed by atoms with Gasteiger partial charge < -0.3 is 29.6 Å². The first-order valence-electron chi connectivity index (χ1n) is 13.2. The first-order chi connectivity index (χ1) is 19.5. The summed E-state index contributed by atoms with van der Waals surface area (Å²) in [5, 5.41) is 7.04. The van der Waals surface area contributed by atoms with E-state index in [1.807, 2.05) is 72.8 Å². The van der Waals surface area contributed by atoms with Crippen molar-refractivity contribution in [2.45, 2.75) is 32.5 Å². The van der Waals surface area contributed by atoms with Crippen LogP contribution in [0.15, 0.2) is 85.1 Å². The molecule has 2 N–H and O–H groups in total. The number of thiocarbonyl (C=S) groups is 1. The molecule has 2 aromatic heterocycles. The van der Waals surface area contributed by atoms with Gasteiger partial charge in [0.2, 0.25) is 0 Å². The molecule has 1 fully saturated rings. The highest BCUT2D eigenvalue weighted by Crippen LogP contribution is 2.43. The van der Waals surface area contributed by atoms with Gasteiger partial charge in [-0.25, -0.2) is 0 Å². The first-order valence-corrected chi connectivity index (χ1v) is 13.6. The first kappa shape index (κ1) is 27.4. The number of benzene rings is 2. The summed E-state index contributed by atoms with van der Waals surface area (Å²) < 4.78 is 13.2. The molecule has 1 amide bonds. The number of nitrogens with zero attached hydrogens (tertiary/aromatic N) is 3. The number of carbonyl (C=O) groups is 1. The average molecular weight is 556 g/mol. The van der Waals surface area contributed by atoms with Crippen molar-refractivity contribution in [3.8, 4) is 5.75 Å². The van der Waals surface area contributed by atoms with Crippen LogP contribution in [0.25, 0.3) is 0 Å². The van der Waals surface area contributed by atoms with Crippen molar-refractivity contribution in [1.82, 2.24) is 14.9 Å². The Morgan fingerprint density at radius 1 is 1.05 bits per heavy atom. The smallest absolute Gasteiger partial charge is 0.262 e. The van der Waals surface area contributed by atoms with Gasteiger partial charge >= 0.3 is 0 Å². The molecule has 4 aromatic rings. The number of methoxy groups -OCH3 is 1. The maximum atomic E-state index is 12.5. The molecule has 0 bridgehead atoms. The summed E-state index contributed by atoms with van der Waals surface area (Å²) in [4.78, 5) is 19.3. The van der Waals surface area contributed by atoms with Gasteiger partial charge in [-0.05, 0) is 86.2 Å². The van der Waals surface area contributed by atoms with Crippen LogP contribution in [-0.4, -0.2) is 40.9 Å². The summed E-state index contributed by atoms with van der Waals surface area (Å²) in [6.07, 6.45) is 1.81. The third kappa shape index (κ3) is 5.85. The minimum absolute atomic E-state index is 0.0710. The van der Waals surface area contributed by atoms with Crippen LogP contribution in [0.3, 0.4) is 0 Å². The molecule has 1 aliphatic rings. The lowest BCUT2D eigenvalue weighted by Gasteiger charge is -2.28. The van der Waals surface area contributed by atoms with Crippen LogP contribution in [0.4, 0.5) is 11.4 Å². The predicted octanol–water partition coefficient (Wildman–Crippen LogP) is 5.34. The van der Waals surface area contributed by atoms with Crippen molar-refractivity contribution in [2.24, 2.45) is 0 Å². The zero-order valence-corrected chi connectivity index (χ0v) is 23.7. The highest BCUT2D eigenvalue weighted by atomic mass is 32.1. The zero-order valence-electron chi connectivity index (χ0n) is 22.8. The highest BCUT2D eigenvalue weighted by molar-refractivity contribution is 7.80. The molecular weight excluding hydrogens is 522 g/mol. The molecule has 2 aromatic carbocycles. The lowest BCUT2D eigenvalue weighted by Crippen LogP contribution is -2.29. The number of anilines is 2. The van der Waals surface area contributed by atoms with Crippen LogP contribution in [-0.2, 0) is 16.1 Å². The Bertz CT molecular complexity index is 1460. The Hall–Kier alpha value is -4.21. The fourth-order valence-corrected chi connectivity index (χ4v) is 5.52. The van der Waals surface area contributed by atoms with Crippen molar-refractivity contribution in [3.05, 3.63) is 108 Å². The number of amides is 1. The van der Waals surface area contributed by atoms with Crippen LogP contribution in [0.1, 0.15) is 34.7 Å². The molecule has 0 aliphatic carbocycles. The third-order valence-electron chi connectivity index (χ3n) is 7.09. The van der Waals surface area contributed by atoms with E-state index in [1.54, 1.807) is 13.3 Å². The summed E-state index contributed by atoms with van der Waals surface area (Å²) in [7, 11) is 1.72. The topological polar surface area (TPSA) is 80.7 Å². The molecule has 5 rings (SSSR count). The normalized spacial score (nSPS) is 16.6. The van der Waals surface area contributed by atoms with Gasteiger partial charge in [0, 0.05) is 42.6 Å². The standard InChI is InChI=1S/C31H33N5O3S/c1-21-19-26(22(2)35(21)17-18-38-3)30-29(27-11-7-8-16-32-27)34-31(40)36(30)24-14-12-23(13-15-24)33-28(37)20-39-25-9-5-4-6-10-25/h4-16,19,29-30H,17-18,20H2,1-3H3,(H,33,37)(H,34,40)/t29-,30+/m0/s1. The second-order valence-corrected chi connectivity index (χ2v) is 10.1. The van der Waals surface area contributed by atoms with Gasteiger partial charge in [0.15, 0.2) is 11.7 Å². The molecule has 40 heavy (non-hydrogen) atoms. The number of pyridine rings is 1. The van der Waals surface area contributed by atoms with Gasteiger partial charge in [-0.3, -0.25) is 9.78 Å². The molecule has 8 nitrogen and oxygen atoms in total. The van der Waals surface area contributed by atoms with E-state index >= 15 is 0 Å². The summed E-state index contributed by atoms with van der Waals surface area (Å²) >= 11 is 5.89. The molecule has 206 valence electrons. The number of hydrogen-bond acceptors (Lipinski definition) is 5. The minimum atomic E-state index is -0.230. The van der Waals surface area contributed by atoms with Crippen LogP contribution in [0, 0.1) is 13.8 Å². The molecule has 1 aliphatic heterocycles. The van der Waals surface area contributed by atoms with Gasteiger partial charge in [-0.2, -0.15) is 0 Å². The fourth-order valence-electron chi connectivity index (χ4n) is 5.17. The molecule has 0 saturated carbocycles. The van der Waals surface area contributed by atoms with Gasteiger partial charge in [0.1, 0.15) is 5.75 Å². The maximum Gasteiger partial charge on any atom is 0.262 e. The zero-order chi connectivity index (χ0) is 28.1. The van der Waals surface area contributed by atoms with E-state index in [2.05, 4.69) is 45.0 Å². The third-order valence-corrected chi connectivity index (χ3v) is 7.41. The van der Waals surface area contributed by atoms with Gasteiger partial charge in [0.05, 0.1) is 24.4 Å². The van der Waals surface area contributed by atoms with Crippen LogP contribution >= 0.6 is 12.2 Å². The number of ether oxygens (including phenoxy) is 2. The summed E-state index contributed by atoms with van der Waals surface area (Å²) in [5.74, 6) is 0.421. The van der Waals surface area contributed by atoms with Crippen molar-refractivity contribution in [1.29, 1.82) is 0 Å². The Labute approximate surface area is 239 Å². The van der Waals surface area contributed by atoms with E-state index in [0.717, 1.165) is 23.6 Å². The number of hydrogen-bond donors (Lipinski definition) is 2. The molecule has 0 unspecified atom stereocenters. The molecular formula is C31H33N5O3S. The van der Waals surface area contributed by atoms with Crippen molar-refractivity contribution >= 4 is 34.6 Å². The van der Waals surface area contributed by atoms with Crippen molar-refractivity contribution < 1.29 is 14.3 Å². The molecule has 3 heterocycles. The molecule has 0 spiro atoms. The number of nitrogens with one attached hydrogen (secondary N) is 2. The number of rotatable bonds is 10. The van der Waals surface area contributed by atoms with Crippen molar-refractivity contribution in [2.75, 3.05) is 30.5 Å². The Kier molecular flexibility index (Phi) is 8.42. The number of carbonyl (C=O) groups excluding carboxylic acids is 1. The number of para-hydroxylation sites is 1. The number of aryl methyl sites for hydroxylation is 1. The van der Waals surface area contributed by atoms with Crippen molar-refractivity contribution in [3.63, 3.8) is 0 Å². The fraction of sp³-hybridized carbons (Fsp3) is 0.258. The van der Waals surface area contributed by atoms with E-state index in [1.165, 1.54) is 11.3 Å². The number of aromatic nitrogens is 2. The second kappa shape index (κ2) is 12.3. The SMILES string of the molecule is COCCn1c(C)cc([C@@H]2[C@H](c3ccccn3)NC(=S)N2c2ccc(NC(=O)COc3ccccc3)cc2)c1C. The molecule has 1 saturated heterocycles. The van der Waals surface area contributed by atoms with Crippen LogP contribution < -0.4 is 20.3 Å². The average Bonchev–Trinajstić information content (AvgIpc) is 3.46. The Balaban J connectivity index is 1.40. The van der Waals surface area contributed by atoms with Gasteiger partial charge in [0.25, 0.3) is 5.91 Å². The van der Waals surface area contributed by atoms with Crippen LogP contribution in [0.2, 0.25) is 0 Å². The Morgan fingerprint density at radius 3 is 2.50 bits per heavy atom. The highest BCUT2D eigenvalue weighted by Gasteiger charge is 2.42. The van der Waals surface area contributed by atoms with Gasteiger partial charge in [-0.15, -0.1) is 0 Å². The maximum absolute atomic E-state index is 12.5. The largest absolute Gasteiger partial charge is 0.484 e. The van der Waals surface area contributed by atoms with Gasteiger partial charge in [-0.1, -0.05) is 24.3 Å². The minimum Gasteiger partial charge on any atom is -0.484 e. The lowest BCUT2D eigenvalue weighted by atomic mass is 9.96. The lowest BCUT2D eigenvalue weighted by molar-refractivity contribution is -0.118. The quantitative estimate of drug-likeness (QED) is 0.256. The predicted molar refractivity (Wildman–Crippen MR) is 161 cm³/mol. The van der Waals surface area contributed by atoms with E-state index in [0.29, 0.717) is 23.2 Å².